The maximum Gasteiger partial charge on any atom is 0.305 e. The van der Waals surface area contributed by atoms with Crippen LogP contribution in [0.1, 0.15) is 32.4 Å². The molecule has 1 saturated heterocycles. The van der Waals surface area contributed by atoms with Crippen LogP contribution < -0.4 is 5.73 Å². The van der Waals surface area contributed by atoms with E-state index >= 15 is 0 Å². The lowest BCUT2D eigenvalue weighted by molar-refractivity contribution is -0.138. The molecule has 2 aliphatic heterocycles. The molecule has 1 unspecified atom stereocenters. The Hall–Kier alpha value is -3.39. The van der Waals surface area contributed by atoms with Gasteiger partial charge >= 0.3 is 5.97 Å². The molecule has 0 bridgehead atoms. The van der Waals surface area contributed by atoms with Crippen LogP contribution in [0, 0.1) is 5.41 Å². The second kappa shape index (κ2) is 10.1. The van der Waals surface area contributed by atoms with Crippen LogP contribution in [0.2, 0.25) is 0 Å². The third-order valence-electron chi connectivity index (χ3n) is 6.98. The van der Waals surface area contributed by atoms with Gasteiger partial charge in [-0.15, -0.1) is 11.3 Å². The van der Waals surface area contributed by atoms with Crippen molar-refractivity contribution in [2.24, 2.45) is 5.73 Å². The molecule has 0 aliphatic carbocycles. The first-order valence-corrected chi connectivity index (χ1v) is 14.4. The number of nitrogens with one attached hydrogen (secondary N) is 1. The predicted octanol–water partition coefficient (Wildman–Crippen LogP) is 1.56. The summed E-state index contributed by atoms with van der Waals surface area (Å²) in [6.45, 7) is 1.52. The number of thiazole rings is 1. The maximum absolute atomic E-state index is 13.6. The zero-order valence-electron chi connectivity index (χ0n) is 20.8. The van der Waals surface area contributed by atoms with E-state index in [0.29, 0.717) is 22.5 Å². The van der Waals surface area contributed by atoms with Crippen molar-refractivity contribution < 1.29 is 23.1 Å². The highest BCUT2D eigenvalue weighted by Gasteiger charge is 2.39. The Morgan fingerprint density at radius 2 is 1.92 bits per heavy atom. The molecule has 200 valence electrons. The number of amidine groups is 1. The Morgan fingerprint density at radius 3 is 2.66 bits per heavy atom. The quantitative estimate of drug-likeness (QED) is 0.304. The van der Waals surface area contributed by atoms with Gasteiger partial charge in [0.05, 0.1) is 23.1 Å². The molecule has 13 heteroatoms. The van der Waals surface area contributed by atoms with Gasteiger partial charge in [0.15, 0.2) is 5.01 Å². The van der Waals surface area contributed by atoms with E-state index in [0.717, 1.165) is 28.9 Å². The Morgan fingerprint density at radius 1 is 1.16 bits per heavy atom. The number of aromatic nitrogens is 1. The second-order valence-electron chi connectivity index (χ2n) is 9.63. The molecule has 4 N–H and O–H groups in total. The molecule has 1 aromatic heterocycles. The van der Waals surface area contributed by atoms with Crippen LogP contribution >= 0.6 is 11.3 Å². The van der Waals surface area contributed by atoms with Gasteiger partial charge in [-0.05, 0) is 36.0 Å². The monoisotopic (exact) mass is 556 g/mol. The normalized spacial score (nSPS) is 18.9. The Kier molecular flexibility index (Phi) is 6.94. The number of aliphatic carboxylic acids is 1. The lowest BCUT2D eigenvalue weighted by Crippen LogP contribution is -2.57. The number of amides is 1. The van der Waals surface area contributed by atoms with Gasteiger partial charge in [0.2, 0.25) is 10.0 Å². The van der Waals surface area contributed by atoms with Crippen molar-refractivity contribution in [1.29, 1.82) is 5.41 Å². The highest BCUT2D eigenvalue weighted by Crippen LogP contribution is 2.29. The molecule has 38 heavy (non-hydrogen) atoms. The third kappa shape index (κ3) is 5.01. The number of carbonyl (C=O) groups excluding carboxylic acids is 1. The number of sulfonamides is 1. The summed E-state index contributed by atoms with van der Waals surface area (Å²) in [5.41, 5.74) is 6.97. The van der Waals surface area contributed by atoms with E-state index in [2.05, 4.69) is 9.88 Å². The predicted molar refractivity (Wildman–Crippen MR) is 143 cm³/mol. The van der Waals surface area contributed by atoms with E-state index in [9.17, 15) is 23.1 Å². The first-order valence-electron chi connectivity index (χ1n) is 12.1. The number of carbonyl (C=O) groups is 2. The van der Waals surface area contributed by atoms with Crippen molar-refractivity contribution >= 4 is 49.8 Å². The molecule has 3 aromatic rings. The van der Waals surface area contributed by atoms with Crippen molar-refractivity contribution in [3.8, 4) is 0 Å². The molecule has 0 radical (unpaired) electrons. The van der Waals surface area contributed by atoms with Crippen LogP contribution in [-0.4, -0.2) is 89.6 Å². The molecule has 1 atom stereocenters. The number of nitrogens with two attached hydrogens (primary N) is 1. The summed E-state index contributed by atoms with van der Waals surface area (Å²) in [7, 11) is -1.97. The van der Waals surface area contributed by atoms with Crippen LogP contribution in [-0.2, 0) is 27.8 Å². The van der Waals surface area contributed by atoms with Crippen LogP contribution in [0.4, 0.5) is 0 Å². The second-order valence-corrected chi connectivity index (χ2v) is 12.6. The number of carboxylic acid groups (broad SMARTS) is 1. The number of hydrogen-bond acceptors (Lipinski definition) is 8. The maximum atomic E-state index is 13.6. The number of fused-ring (bicyclic) bond motifs is 2. The Balaban J connectivity index is 1.40. The van der Waals surface area contributed by atoms with Crippen molar-refractivity contribution in [1.82, 2.24) is 19.1 Å². The average Bonchev–Trinajstić information content (AvgIpc) is 3.30. The summed E-state index contributed by atoms with van der Waals surface area (Å²) >= 11 is 1.32. The zero-order valence-corrected chi connectivity index (χ0v) is 22.4. The molecule has 2 aliphatic rings. The molecule has 0 saturated carbocycles. The van der Waals surface area contributed by atoms with Crippen LogP contribution in [0.5, 0.6) is 0 Å². The van der Waals surface area contributed by atoms with E-state index in [1.165, 1.54) is 32.7 Å². The van der Waals surface area contributed by atoms with Gasteiger partial charge in [-0.3, -0.25) is 15.0 Å². The minimum absolute atomic E-state index is 0.0313. The summed E-state index contributed by atoms with van der Waals surface area (Å²) in [5, 5.41) is 18.9. The highest BCUT2D eigenvalue weighted by atomic mass is 32.2. The van der Waals surface area contributed by atoms with Gasteiger partial charge in [-0.25, -0.2) is 13.4 Å². The molecule has 1 amide bonds. The van der Waals surface area contributed by atoms with Crippen molar-refractivity contribution in [3.05, 3.63) is 57.5 Å². The zero-order chi connectivity index (χ0) is 27.2. The average molecular weight is 557 g/mol. The summed E-state index contributed by atoms with van der Waals surface area (Å²) in [4.78, 5) is 34.3. The molecular formula is C25H28N6O5S2. The fourth-order valence-electron chi connectivity index (χ4n) is 4.93. The van der Waals surface area contributed by atoms with Crippen molar-refractivity contribution in [2.45, 2.75) is 30.3 Å². The molecule has 0 spiro atoms. The Labute approximate surface area is 224 Å². The van der Waals surface area contributed by atoms with E-state index in [1.807, 2.05) is 7.05 Å². The lowest BCUT2D eigenvalue weighted by Gasteiger charge is -2.39. The van der Waals surface area contributed by atoms with E-state index < -0.39 is 22.0 Å². The number of likely N-dealkylation sites (N-methyl/N-ethyl adjacent to an activating group) is 1. The van der Waals surface area contributed by atoms with E-state index in [-0.39, 0.29) is 42.7 Å². The third-order valence-corrected chi connectivity index (χ3v) is 9.91. The summed E-state index contributed by atoms with van der Waals surface area (Å²) in [5.74, 6) is -1.60. The minimum atomic E-state index is -3.98. The number of nitrogen functional groups attached to an aromatic ring is 1. The number of nitrogens with zero attached hydrogens (tertiary/aromatic N) is 4. The molecule has 3 heterocycles. The first kappa shape index (κ1) is 26.2. The van der Waals surface area contributed by atoms with Crippen LogP contribution in [0.3, 0.4) is 0 Å². The number of rotatable bonds is 6. The smallest absolute Gasteiger partial charge is 0.305 e. The van der Waals surface area contributed by atoms with Gasteiger partial charge in [0.25, 0.3) is 5.91 Å². The van der Waals surface area contributed by atoms with Gasteiger partial charge < -0.3 is 20.6 Å². The standard InChI is InChI=1S/C25H28N6O5S2/c1-29-7-6-20-21(14-29)37-24(28-20)25(34)31-9-8-30(13-18(31)12-22(32)33)38(35,36)19-5-4-15-2-3-16(23(26)27)10-17(15)11-19/h2-5,10-11,18H,6-9,12-14H2,1H3,(H3,26,27)(H,32,33). The number of benzene rings is 2. The molecule has 2 aromatic carbocycles. The summed E-state index contributed by atoms with van der Waals surface area (Å²) in [6.07, 6.45) is 0.366. The molecule has 5 rings (SSSR count). The fraction of sp³-hybridized carbons (Fsp3) is 0.360. The largest absolute Gasteiger partial charge is 0.481 e. The van der Waals surface area contributed by atoms with Gasteiger partial charge in [0.1, 0.15) is 5.84 Å². The van der Waals surface area contributed by atoms with Crippen LogP contribution in [0.15, 0.2) is 41.3 Å². The highest BCUT2D eigenvalue weighted by molar-refractivity contribution is 7.89. The van der Waals surface area contributed by atoms with Crippen molar-refractivity contribution in [2.75, 3.05) is 33.2 Å². The van der Waals surface area contributed by atoms with Gasteiger partial charge in [-0.2, -0.15) is 4.31 Å². The topological polar surface area (TPSA) is 161 Å². The number of piperazine rings is 1. The van der Waals surface area contributed by atoms with E-state index in [4.69, 9.17) is 11.1 Å². The fourth-order valence-corrected chi connectivity index (χ4v) is 7.58. The Bertz CT molecular complexity index is 1550. The summed E-state index contributed by atoms with van der Waals surface area (Å²) in [6, 6.07) is 9.00. The van der Waals surface area contributed by atoms with Gasteiger partial charge in [0, 0.05) is 49.6 Å². The van der Waals surface area contributed by atoms with Gasteiger partial charge in [-0.1, -0.05) is 18.2 Å². The lowest BCUT2D eigenvalue weighted by atomic mass is 10.1. The van der Waals surface area contributed by atoms with E-state index in [1.54, 1.807) is 24.3 Å². The number of carboxylic acids is 1. The minimum Gasteiger partial charge on any atom is -0.481 e. The molecule has 11 nitrogen and oxygen atoms in total. The number of hydrogen-bond donors (Lipinski definition) is 3. The first-order chi connectivity index (χ1) is 18.0. The van der Waals surface area contributed by atoms with Crippen molar-refractivity contribution in [3.63, 3.8) is 0 Å². The summed E-state index contributed by atoms with van der Waals surface area (Å²) < 4.78 is 28.4. The van der Waals surface area contributed by atoms with Crippen LogP contribution in [0.25, 0.3) is 10.8 Å². The molecular weight excluding hydrogens is 528 g/mol. The SMILES string of the molecule is CN1CCc2nc(C(=O)N3CCN(S(=O)(=O)c4ccc5ccc(C(=N)N)cc5c4)CC3CC(=O)O)sc2C1. The molecule has 1 fully saturated rings.